The third-order valence-corrected chi connectivity index (χ3v) is 3.38. The number of anilines is 2. The highest BCUT2D eigenvalue weighted by Gasteiger charge is 2.08. The van der Waals surface area contributed by atoms with Crippen molar-refractivity contribution in [1.29, 1.82) is 0 Å². The molecule has 0 aliphatic carbocycles. The summed E-state index contributed by atoms with van der Waals surface area (Å²) in [5.41, 5.74) is 2.35. The van der Waals surface area contributed by atoms with Crippen molar-refractivity contribution in [1.82, 2.24) is 0 Å². The van der Waals surface area contributed by atoms with Gasteiger partial charge in [0.2, 0.25) is 0 Å². The van der Waals surface area contributed by atoms with Gasteiger partial charge in [-0.1, -0.05) is 23.7 Å². The normalized spacial score (nSPS) is 9.95. The van der Waals surface area contributed by atoms with Crippen LogP contribution in [0.2, 0.25) is 5.02 Å². The van der Waals surface area contributed by atoms with Crippen LogP contribution in [0.3, 0.4) is 0 Å². The zero-order valence-corrected chi connectivity index (χ0v) is 12.9. The number of amides is 2. The summed E-state index contributed by atoms with van der Waals surface area (Å²) < 4.78 is 4.63. The predicted molar refractivity (Wildman–Crippen MR) is 86.6 cm³/mol. The summed E-state index contributed by atoms with van der Waals surface area (Å²) in [5, 5.41) is 5.89. The first kappa shape index (κ1) is 15.9. The maximum atomic E-state index is 11.9. The van der Waals surface area contributed by atoms with Crippen molar-refractivity contribution in [3.05, 3.63) is 58.6 Å². The van der Waals surface area contributed by atoms with Crippen molar-refractivity contribution < 1.29 is 14.3 Å². The Balaban J connectivity index is 2.05. The Morgan fingerprint density at radius 2 is 1.73 bits per heavy atom. The zero-order valence-electron chi connectivity index (χ0n) is 12.1. The first-order chi connectivity index (χ1) is 10.5. The highest BCUT2D eigenvalue weighted by molar-refractivity contribution is 6.31. The molecule has 0 saturated heterocycles. The van der Waals surface area contributed by atoms with E-state index in [-0.39, 0.29) is 0 Å². The number of urea groups is 1. The molecule has 0 unspecified atom stereocenters. The molecule has 0 heterocycles. The summed E-state index contributed by atoms with van der Waals surface area (Å²) in [6, 6.07) is 11.3. The maximum Gasteiger partial charge on any atom is 0.337 e. The van der Waals surface area contributed by atoms with Gasteiger partial charge in [-0.3, -0.25) is 0 Å². The number of aryl methyl sites for hydroxylation is 1. The Kier molecular flexibility index (Phi) is 5.01. The SMILES string of the molecule is COC(=O)c1cccc(NC(=O)Nc2ccc(C)c(Cl)c2)c1. The molecule has 0 saturated carbocycles. The third-order valence-electron chi connectivity index (χ3n) is 2.97. The number of esters is 1. The van der Waals surface area contributed by atoms with Crippen molar-refractivity contribution in [2.24, 2.45) is 0 Å². The van der Waals surface area contributed by atoms with E-state index in [0.717, 1.165) is 5.56 Å². The number of carbonyl (C=O) groups excluding carboxylic acids is 2. The van der Waals surface area contributed by atoms with Gasteiger partial charge in [0.1, 0.15) is 0 Å². The quantitative estimate of drug-likeness (QED) is 0.838. The fraction of sp³-hybridized carbons (Fsp3) is 0.125. The second kappa shape index (κ2) is 6.95. The van der Waals surface area contributed by atoms with E-state index in [4.69, 9.17) is 11.6 Å². The van der Waals surface area contributed by atoms with E-state index < -0.39 is 12.0 Å². The van der Waals surface area contributed by atoms with Crippen LogP contribution in [0.4, 0.5) is 16.2 Å². The van der Waals surface area contributed by atoms with E-state index in [1.807, 2.05) is 13.0 Å². The summed E-state index contributed by atoms with van der Waals surface area (Å²) in [7, 11) is 1.30. The molecule has 0 aliphatic rings. The summed E-state index contributed by atoms with van der Waals surface area (Å²) >= 11 is 6.01. The third kappa shape index (κ3) is 3.99. The van der Waals surface area contributed by atoms with E-state index >= 15 is 0 Å². The molecular weight excluding hydrogens is 304 g/mol. The van der Waals surface area contributed by atoms with E-state index in [9.17, 15) is 9.59 Å². The van der Waals surface area contributed by atoms with Crippen molar-refractivity contribution in [3.63, 3.8) is 0 Å². The largest absolute Gasteiger partial charge is 0.465 e. The first-order valence-electron chi connectivity index (χ1n) is 6.52. The van der Waals surface area contributed by atoms with Crippen LogP contribution in [0.25, 0.3) is 0 Å². The number of rotatable bonds is 3. The number of halogens is 1. The highest BCUT2D eigenvalue weighted by atomic mass is 35.5. The Morgan fingerprint density at radius 1 is 1.05 bits per heavy atom. The van der Waals surface area contributed by atoms with Gasteiger partial charge in [0.15, 0.2) is 0 Å². The lowest BCUT2D eigenvalue weighted by atomic mass is 10.2. The van der Waals surface area contributed by atoms with Gasteiger partial charge in [-0.15, -0.1) is 0 Å². The molecule has 2 rings (SSSR count). The number of benzene rings is 2. The molecule has 0 radical (unpaired) electrons. The van der Waals surface area contributed by atoms with Gasteiger partial charge in [0.25, 0.3) is 0 Å². The van der Waals surface area contributed by atoms with Crippen LogP contribution in [-0.2, 0) is 4.74 Å². The molecule has 6 heteroatoms. The van der Waals surface area contributed by atoms with Crippen molar-refractivity contribution in [2.75, 3.05) is 17.7 Å². The van der Waals surface area contributed by atoms with Gasteiger partial charge in [-0.05, 0) is 42.8 Å². The van der Waals surface area contributed by atoms with Crippen LogP contribution in [0.1, 0.15) is 15.9 Å². The van der Waals surface area contributed by atoms with Gasteiger partial charge < -0.3 is 15.4 Å². The molecule has 22 heavy (non-hydrogen) atoms. The number of hydrogen-bond acceptors (Lipinski definition) is 3. The molecule has 0 spiro atoms. The lowest BCUT2D eigenvalue weighted by Crippen LogP contribution is -2.19. The van der Waals surface area contributed by atoms with E-state index in [0.29, 0.717) is 22.0 Å². The lowest BCUT2D eigenvalue weighted by Gasteiger charge is -2.09. The van der Waals surface area contributed by atoms with Crippen molar-refractivity contribution >= 4 is 35.0 Å². The predicted octanol–water partition coefficient (Wildman–Crippen LogP) is 4.08. The van der Waals surface area contributed by atoms with Crippen LogP contribution in [0, 0.1) is 6.92 Å². The minimum Gasteiger partial charge on any atom is -0.465 e. The van der Waals surface area contributed by atoms with Crippen LogP contribution in [0.5, 0.6) is 0 Å². The van der Waals surface area contributed by atoms with Crippen molar-refractivity contribution in [3.8, 4) is 0 Å². The number of carbonyl (C=O) groups is 2. The minimum atomic E-state index is -0.464. The second-order valence-electron chi connectivity index (χ2n) is 4.62. The Hall–Kier alpha value is -2.53. The number of hydrogen-bond donors (Lipinski definition) is 2. The summed E-state index contributed by atoms with van der Waals surface area (Å²) in [6.07, 6.45) is 0. The molecule has 0 aliphatic heterocycles. The standard InChI is InChI=1S/C16H15ClN2O3/c1-10-6-7-13(9-14(10)17)19-16(21)18-12-5-3-4-11(8-12)15(20)22-2/h3-9H,1-2H3,(H2,18,19,21). The lowest BCUT2D eigenvalue weighted by molar-refractivity contribution is 0.0600. The molecule has 0 aromatic heterocycles. The average molecular weight is 319 g/mol. The minimum absolute atomic E-state index is 0.360. The van der Waals surface area contributed by atoms with Gasteiger partial charge in [0, 0.05) is 16.4 Å². The van der Waals surface area contributed by atoms with Crippen LogP contribution >= 0.6 is 11.6 Å². The monoisotopic (exact) mass is 318 g/mol. The molecule has 2 N–H and O–H groups in total. The number of methoxy groups -OCH3 is 1. The van der Waals surface area contributed by atoms with Crippen LogP contribution in [0.15, 0.2) is 42.5 Å². The number of ether oxygens (including phenoxy) is 1. The average Bonchev–Trinajstić information content (AvgIpc) is 2.50. The molecule has 114 valence electrons. The fourth-order valence-corrected chi connectivity index (χ4v) is 1.99. The fourth-order valence-electron chi connectivity index (χ4n) is 1.81. The van der Waals surface area contributed by atoms with Crippen LogP contribution < -0.4 is 10.6 Å². The summed E-state index contributed by atoms with van der Waals surface area (Å²) in [6.45, 7) is 1.88. The highest BCUT2D eigenvalue weighted by Crippen LogP contribution is 2.20. The van der Waals surface area contributed by atoms with Gasteiger partial charge in [0.05, 0.1) is 12.7 Å². The maximum absolute atomic E-state index is 11.9. The van der Waals surface area contributed by atoms with Crippen molar-refractivity contribution in [2.45, 2.75) is 6.92 Å². The topological polar surface area (TPSA) is 67.4 Å². The summed E-state index contributed by atoms with van der Waals surface area (Å²) in [4.78, 5) is 23.4. The van der Waals surface area contributed by atoms with E-state index in [2.05, 4.69) is 15.4 Å². The Labute approximate surface area is 133 Å². The molecule has 0 bridgehead atoms. The Morgan fingerprint density at radius 3 is 2.36 bits per heavy atom. The van der Waals surface area contributed by atoms with Gasteiger partial charge in [-0.25, -0.2) is 9.59 Å². The zero-order chi connectivity index (χ0) is 16.1. The molecule has 2 aromatic rings. The molecule has 5 nitrogen and oxygen atoms in total. The van der Waals surface area contributed by atoms with Gasteiger partial charge >= 0.3 is 12.0 Å². The molecule has 0 fully saturated rings. The van der Waals surface area contributed by atoms with Gasteiger partial charge in [-0.2, -0.15) is 0 Å². The second-order valence-corrected chi connectivity index (χ2v) is 5.02. The van der Waals surface area contributed by atoms with E-state index in [1.165, 1.54) is 13.2 Å². The smallest absolute Gasteiger partial charge is 0.337 e. The number of nitrogens with one attached hydrogen (secondary N) is 2. The van der Waals surface area contributed by atoms with E-state index in [1.54, 1.807) is 30.3 Å². The van der Waals surface area contributed by atoms with Crippen LogP contribution in [-0.4, -0.2) is 19.1 Å². The summed E-state index contributed by atoms with van der Waals surface area (Å²) in [5.74, 6) is -0.464. The first-order valence-corrected chi connectivity index (χ1v) is 6.90. The molecule has 0 atom stereocenters. The molecule has 2 aromatic carbocycles. The molecular formula is C16H15ClN2O3. The molecule has 2 amide bonds. The Bertz CT molecular complexity index is 716.